The van der Waals surface area contributed by atoms with Crippen LogP contribution in [0.25, 0.3) is 0 Å². The summed E-state index contributed by atoms with van der Waals surface area (Å²) in [4.78, 5) is 2.60. The van der Waals surface area contributed by atoms with E-state index in [0.29, 0.717) is 12.1 Å². The van der Waals surface area contributed by atoms with Gasteiger partial charge in [0.05, 0.1) is 13.2 Å². The SMILES string of the molecule is CN(CCNC1CCCC1C1COCCN1)C1CCCCC1.Cl. The summed E-state index contributed by atoms with van der Waals surface area (Å²) < 4.78 is 5.67. The lowest BCUT2D eigenvalue weighted by molar-refractivity contribution is 0.0522. The summed E-state index contributed by atoms with van der Waals surface area (Å²) in [6, 6.07) is 2.10. The Balaban J connectivity index is 0.00000192. The molecule has 3 fully saturated rings. The van der Waals surface area contributed by atoms with E-state index >= 15 is 0 Å². The third-order valence-electron chi connectivity index (χ3n) is 6.11. The Bertz CT molecular complexity index is 319. The highest BCUT2D eigenvalue weighted by atomic mass is 35.5. The van der Waals surface area contributed by atoms with Crippen LogP contribution in [0, 0.1) is 5.92 Å². The molecule has 2 aliphatic carbocycles. The smallest absolute Gasteiger partial charge is 0.0623 e. The van der Waals surface area contributed by atoms with E-state index in [0.717, 1.165) is 38.3 Å². The van der Waals surface area contributed by atoms with Gasteiger partial charge < -0.3 is 20.3 Å². The molecule has 0 amide bonds. The fourth-order valence-electron chi connectivity index (χ4n) is 4.72. The molecule has 2 N–H and O–H groups in total. The van der Waals surface area contributed by atoms with Crippen molar-refractivity contribution < 1.29 is 4.74 Å². The van der Waals surface area contributed by atoms with Crippen molar-refractivity contribution in [3.05, 3.63) is 0 Å². The highest BCUT2D eigenvalue weighted by molar-refractivity contribution is 5.85. The van der Waals surface area contributed by atoms with Gasteiger partial charge in [-0.05, 0) is 38.6 Å². The van der Waals surface area contributed by atoms with Crippen LogP contribution in [0.5, 0.6) is 0 Å². The molecule has 2 saturated carbocycles. The van der Waals surface area contributed by atoms with Crippen LogP contribution in [0.3, 0.4) is 0 Å². The minimum atomic E-state index is 0. The molecular formula is C18H36ClN3O. The highest BCUT2D eigenvalue weighted by Gasteiger charge is 2.34. The van der Waals surface area contributed by atoms with Crippen molar-refractivity contribution in [2.24, 2.45) is 5.92 Å². The predicted octanol–water partition coefficient (Wildman–Crippen LogP) is 2.42. The van der Waals surface area contributed by atoms with E-state index in [1.165, 1.54) is 57.9 Å². The molecule has 5 heteroatoms. The molecule has 136 valence electrons. The van der Waals surface area contributed by atoms with Crippen LogP contribution in [0.1, 0.15) is 51.4 Å². The third-order valence-corrected chi connectivity index (χ3v) is 6.11. The first-order chi connectivity index (χ1) is 10.8. The standard InChI is InChI=1S/C18H35N3O.ClH/c1-21(15-6-3-2-4-7-15)12-10-19-17-9-5-8-16(17)18-14-22-13-11-20-18;/h15-20H,2-14H2,1H3;1H. The summed E-state index contributed by atoms with van der Waals surface area (Å²) in [5.41, 5.74) is 0. The summed E-state index contributed by atoms with van der Waals surface area (Å²) in [5, 5.41) is 7.53. The zero-order chi connectivity index (χ0) is 15.2. The van der Waals surface area contributed by atoms with E-state index in [2.05, 4.69) is 22.6 Å². The van der Waals surface area contributed by atoms with Gasteiger partial charge in [-0.1, -0.05) is 25.7 Å². The molecule has 0 aromatic carbocycles. The van der Waals surface area contributed by atoms with Crippen molar-refractivity contribution in [3.63, 3.8) is 0 Å². The number of nitrogens with zero attached hydrogens (tertiary/aromatic N) is 1. The Hall–Kier alpha value is 0.130. The quantitative estimate of drug-likeness (QED) is 0.775. The zero-order valence-corrected chi connectivity index (χ0v) is 15.6. The Labute approximate surface area is 148 Å². The van der Waals surface area contributed by atoms with E-state index in [1.54, 1.807) is 0 Å². The second-order valence-corrected chi connectivity index (χ2v) is 7.56. The predicted molar refractivity (Wildman–Crippen MR) is 98.5 cm³/mol. The average molecular weight is 346 g/mol. The van der Waals surface area contributed by atoms with Gasteiger partial charge in [-0.2, -0.15) is 0 Å². The maximum absolute atomic E-state index is 5.67. The van der Waals surface area contributed by atoms with E-state index < -0.39 is 0 Å². The molecular weight excluding hydrogens is 310 g/mol. The second kappa shape index (κ2) is 10.2. The normalized spacial score (nSPS) is 32.9. The number of morpholine rings is 1. The van der Waals surface area contributed by atoms with Crippen LogP contribution in [-0.4, -0.2) is 62.9 Å². The molecule has 0 bridgehead atoms. The summed E-state index contributed by atoms with van der Waals surface area (Å²) in [6.45, 7) is 5.15. The summed E-state index contributed by atoms with van der Waals surface area (Å²) in [7, 11) is 2.32. The van der Waals surface area contributed by atoms with Gasteiger partial charge in [0.25, 0.3) is 0 Å². The molecule has 0 spiro atoms. The lowest BCUT2D eigenvalue weighted by Gasteiger charge is -2.34. The van der Waals surface area contributed by atoms with Gasteiger partial charge >= 0.3 is 0 Å². The van der Waals surface area contributed by atoms with Crippen LogP contribution in [-0.2, 0) is 4.74 Å². The maximum atomic E-state index is 5.67. The summed E-state index contributed by atoms with van der Waals surface area (Å²) >= 11 is 0. The molecule has 3 rings (SSSR count). The summed E-state index contributed by atoms with van der Waals surface area (Å²) in [5.74, 6) is 0.764. The Morgan fingerprint density at radius 2 is 1.91 bits per heavy atom. The second-order valence-electron chi connectivity index (χ2n) is 7.56. The third kappa shape index (κ3) is 5.57. The number of hydrogen-bond acceptors (Lipinski definition) is 4. The lowest BCUT2D eigenvalue weighted by atomic mass is 9.93. The largest absolute Gasteiger partial charge is 0.379 e. The zero-order valence-electron chi connectivity index (χ0n) is 14.8. The van der Waals surface area contributed by atoms with E-state index in [4.69, 9.17) is 4.74 Å². The van der Waals surface area contributed by atoms with Gasteiger partial charge in [0.1, 0.15) is 0 Å². The van der Waals surface area contributed by atoms with Gasteiger partial charge in [-0.25, -0.2) is 0 Å². The van der Waals surface area contributed by atoms with Gasteiger partial charge in [0.2, 0.25) is 0 Å². The topological polar surface area (TPSA) is 36.5 Å². The van der Waals surface area contributed by atoms with E-state index in [1.807, 2.05) is 0 Å². The van der Waals surface area contributed by atoms with Crippen molar-refractivity contribution in [2.45, 2.75) is 69.5 Å². The van der Waals surface area contributed by atoms with Crippen molar-refractivity contribution in [1.29, 1.82) is 0 Å². The first kappa shape index (κ1) is 19.5. The first-order valence-electron chi connectivity index (χ1n) is 9.59. The maximum Gasteiger partial charge on any atom is 0.0623 e. The van der Waals surface area contributed by atoms with Gasteiger partial charge in [-0.3, -0.25) is 0 Å². The minimum Gasteiger partial charge on any atom is -0.379 e. The molecule has 0 aromatic rings. The van der Waals surface area contributed by atoms with E-state index in [-0.39, 0.29) is 12.4 Å². The van der Waals surface area contributed by atoms with Crippen LogP contribution < -0.4 is 10.6 Å². The molecule has 1 saturated heterocycles. The molecule has 3 unspecified atom stereocenters. The van der Waals surface area contributed by atoms with Crippen LogP contribution in [0.4, 0.5) is 0 Å². The van der Waals surface area contributed by atoms with Crippen molar-refractivity contribution >= 4 is 12.4 Å². The number of ether oxygens (including phenoxy) is 1. The molecule has 0 aromatic heterocycles. The number of rotatable bonds is 6. The van der Waals surface area contributed by atoms with Gasteiger partial charge in [0.15, 0.2) is 0 Å². The number of likely N-dealkylation sites (N-methyl/N-ethyl adjacent to an activating group) is 1. The fraction of sp³-hybridized carbons (Fsp3) is 1.00. The average Bonchev–Trinajstić information content (AvgIpc) is 3.05. The molecule has 0 radical (unpaired) electrons. The molecule has 4 nitrogen and oxygen atoms in total. The van der Waals surface area contributed by atoms with Gasteiger partial charge in [-0.15, -0.1) is 12.4 Å². The van der Waals surface area contributed by atoms with Crippen LogP contribution in [0.15, 0.2) is 0 Å². The van der Waals surface area contributed by atoms with Crippen molar-refractivity contribution in [1.82, 2.24) is 15.5 Å². The number of nitrogens with one attached hydrogen (secondary N) is 2. The Morgan fingerprint density at radius 1 is 1.09 bits per heavy atom. The lowest BCUT2D eigenvalue weighted by Crippen LogP contribution is -2.51. The van der Waals surface area contributed by atoms with Crippen LogP contribution in [0.2, 0.25) is 0 Å². The Kier molecular flexibility index (Phi) is 8.62. The van der Waals surface area contributed by atoms with Crippen LogP contribution >= 0.6 is 12.4 Å². The van der Waals surface area contributed by atoms with Crippen molar-refractivity contribution in [3.8, 4) is 0 Å². The molecule has 3 aliphatic rings. The Morgan fingerprint density at radius 3 is 2.65 bits per heavy atom. The monoisotopic (exact) mass is 345 g/mol. The van der Waals surface area contributed by atoms with Gasteiger partial charge in [0, 0.05) is 37.8 Å². The molecule has 1 aliphatic heterocycles. The molecule has 3 atom stereocenters. The highest BCUT2D eigenvalue weighted by Crippen LogP contribution is 2.29. The fourth-order valence-corrected chi connectivity index (χ4v) is 4.72. The van der Waals surface area contributed by atoms with Crippen molar-refractivity contribution in [2.75, 3.05) is 39.9 Å². The molecule has 23 heavy (non-hydrogen) atoms. The minimum absolute atomic E-state index is 0. The number of hydrogen-bond donors (Lipinski definition) is 2. The summed E-state index contributed by atoms with van der Waals surface area (Å²) in [6.07, 6.45) is 11.2. The number of halogens is 1. The van der Waals surface area contributed by atoms with E-state index in [9.17, 15) is 0 Å². The molecule has 1 heterocycles. The first-order valence-corrected chi connectivity index (χ1v) is 9.59.